The average molecular weight is 249 g/mol. The van der Waals surface area contributed by atoms with Crippen molar-refractivity contribution in [3.63, 3.8) is 0 Å². The van der Waals surface area contributed by atoms with E-state index >= 15 is 0 Å². The molecule has 0 bridgehead atoms. The van der Waals surface area contributed by atoms with Crippen molar-refractivity contribution in [1.82, 2.24) is 9.55 Å². The van der Waals surface area contributed by atoms with E-state index in [1.807, 2.05) is 47.2 Å². The second kappa shape index (κ2) is 3.68. The van der Waals surface area contributed by atoms with Crippen LogP contribution < -0.4 is 5.32 Å². The molecule has 4 rings (SSSR count). The van der Waals surface area contributed by atoms with Crippen molar-refractivity contribution >= 4 is 22.6 Å². The van der Waals surface area contributed by atoms with Gasteiger partial charge in [-0.25, -0.2) is 4.98 Å². The molecule has 0 unspecified atom stereocenters. The Kier molecular flexibility index (Phi) is 2.00. The summed E-state index contributed by atoms with van der Waals surface area (Å²) in [6.45, 7) is 0. The highest BCUT2D eigenvalue weighted by Crippen LogP contribution is 2.27. The first-order chi connectivity index (χ1) is 9.31. The molecule has 0 atom stereocenters. The number of carbonyl (C=O) groups excluding carboxylic acids is 1. The lowest BCUT2D eigenvalue weighted by molar-refractivity contribution is -0.115. The summed E-state index contributed by atoms with van der Waals surface area (Å²) in [7, 11) is 0. The van der Waals surface area contributed by atoms with Gasteiger partial charge in [-0.1, -0.05) is 6.07 Å². The zero-order chi connectivity index (χ0) is 12.8. The summed E-state index contributed by atoms with van der Waals surface area (Å²) in [4.78, 5) is 15.8. The standard InChI is InChI=1S/C15H11N3O/c19-14-8-11-3-4-12(9-13(11)17-14)18-7-5-10-2-1-6-16-15(10)18/h1-7,9H,8H2,(H,17,19). The number of carbonyl (C=O) groups is 1. The third-order valence-corrected chi connectivity index (χ3v) is 3.44. The molecule has 1 aliphatic heterocycles. The number of fused-ring (bicyclic) bond motifs is 2. The van der Waals surface area contributed by atoms with Crippen LogP contribution in [-0.4, -0.2) is 15.5 Å². The smallest absolute Gasteiger partial charge is 0.228 e. The highest BCUT2D eigenvalue weighted by Gasteiger charge is 2.18. The minimum Gasteiger partial charge on any atom is -0.325 e. The van der Waals surface area contributed by atoms with Gasteiger partial charge in [0.15, 0.2) is 0 Å². The molecule has 1 aliphatic rings. The number of hydrogen-bond acceptors (Lipinski definition) is 2. The van der Waals surface area contributed by atoms with E-state index < -0.39 is 0 Å². The van der Waals surface area contributed by atoms with Gasteiger partial charge in [-0.15, -0.1) is 0 Å². The normalized spacial score (nSPS) is 13.6. The highest BCUT2D eigenvalue weighted by molar-refractivity contribution is 5.99. The third-order valence-electron chi connectivity index (χ3n) is 3.44. The van der Waals surface area contributed by atoms with Crippen LogP contribution in [0.15, 0.2) is 48.8 Å². The van der Waals surface area contributed by atoms with Crippen LogP contribution in [0.3, 0.4) is 0 Å². The van der Waals surface area contributed by atoms with Crippen molar-refractivity contribution in [2.24, 2.45) is 0 Å². The fraction of sp³-hybridized carbons (Fsp3) is 0.0667. The van der Waals surface area contributed by atoms with E-state index in [2.05, 4.69) is 10.3 Å². The van der Waals surface area contributed by atoms with Gasteiger partial charge in [0, 0.05) is 29.2 Å². The fourth-order valence-corrected chi connectivity index (χ4v) is 2.53. The van der Waals surface area contributed by atoms with E-state index in [-0.39, 0.29) is 5.91 Å². The molecule has 1 amide bonds. The van der Waals surface area contributed by atoms with Crippen LogP contribution >= 0.6 is 0 Å². The van der Waals surface area contributed by atoms with E-state index in [0.717, 1.165) is 28.0 Å². The molecule has 0 radical (unpaired) electrons. The first-order valence-corrected chi connectivity index (χ1v) is 6.16. The second-order valence-electron chi connectivity index (χ2n) is 4.67. The van der Waals surface area contributed by atoms with Crippen LogP contribution in [0.2, 0.25) is 0 Å². The minimum atomic E-state index is 0.0580. The summed E-state index contributed by atoms with van der Waals surface area (Å²) < 4.78 is 2.03. The van der Waals surface area contributed by atoms with Crippen molar-refractivity contribution in [2.45, 2.75) is 6.42 Å². The molecule has 19 heavy (non-hydrogen) atoms. The summed E-state index contributed by atoms with van der Waals surface area (Å²) in [5, 5.41) is 3.98. The molecular formula is C15H11N3O. The van der Waals surface area contributed by atoms with Crippen molar-refractivity contribution in [1.29, 1.82) is 0 Å². The maximum absolute atomic E-state index is 11.4. The van der Waals surface area contributed by atoms with Gasteiger partial charge in [0.1, 0.15) is 5.65 Å². The van der Waals surface area contributed by atoms with E-state index in [9.17, 15) is 4.79 Å². The maximum Gasteiger partial charge on any atom is 0.228 e. The van der Waals surface area contributed by atoms with Gasteiger partial charge in [-0.2, -0.15) is 0 Å². The number of amides is 1. The minimum absolute atomic E-state index is 0.0580. The number of hydrogen-bond donors (Lipinski definition) is 1. The second-order valence-corrected chi connectivity index (χ2v) is 4.67. The van der Waals surface area contributed by atoms with Crippen molar-refractivity contribution in [3.05, 3.63) is 54.4 Å². The van der Waals surface area contributed by atoms with Gasteiger partial charge in [-0.05, 0) is 35.9 Å². The molecule has 0 saturated carbocycles. The van der Waals surface area contributed by atoms with E-state index in [4.69, 9.17) is 0 Å². The summed E-state index contributed by atoms with van der Waals surface area (Å²) >= 11 is 0. The SMILES string of the molecule is O=C1Cc2ccc(-n3ccc4cccnc43)cc2N1. The predicted molar refractivity (Wildman–Crippen MR) is 73.4 cm³/mol. The van der Waals surface area contributed by atoms with Crippen LogP contribution in [0.4, 0.5) is 5.69 Å². The molecule has 4 heteroatoms. The number of aromatic nitrogens is 2. The number of pyridine rings is 1. The van der Waals surface area contributed by atoms with Crippen LogP contribution in [0.5, 0.6) is 0 Å². The van der Waals surface area contributed by atoms with Crippen LogP contribution in [0, 0.1) is 0 Å². The topological polar surface area (TPSA) is 46.9 Å². The number of nitrogens with one attached hydrogen (secondary N) is 1. The Balaban J connectivity index is 1.89. The molecule has 2 aromatic heterocycles. The Morgan fingerprint density at radius 2 is 2.16 bits per heavy atom. The molecular weight excluding hydrogens is 238 g/mol. The number of benzene rings is 1. The molecule has 0 fully saturated rings. The number of rotatable bonds is 1. The highest BCUT2D eigenvalue weighted by atomic mass is 16.1. The quantitative estimate of drug-likeness (QED) is 0.720. The summed E-state index contributed by atoms with van der Waals surface area (Å²) in [5.41, 5.74) is 3.89. The van der Waals surface area contributed by atoms with Gasteiger partial charge in [0.05, 0.1) is 6.42 Å². The Morgan fingerprint density at radius 1 is 1.21 bits per heavy atom. The Bertz CT molecular complexity index is 804. The average Bonchev–Trinajstić information content (AvgIpc) is 2.99. The summed E-state index contributed by atoms with van der Waals surface area (Å²) in [5.74, 6) is 0.0580. The van der Waals surface area contributed by atoms with Crippen LogP contribution in [0.1, 0.15) is 5.56 Å². The molecule has 0 saturated heterocycles. The monoisotopic (exact) mass is 249 g/mol. The molecule has 0 aliphatic carbocycles. The lowest BCUT2D eigenvalue weighted by Crippen LogP contribution is -2.03. The van der Waals surface area contributed by atoms with Gasteiger partial charge < -0.3 is 9.88 Å². The molecule has 3 heterocycles. The zero-order valence-corrected chi connectivity index (χ0v) is 10.1. The molecule has 1 N–H and O–H groups in total. The van der Waals surface area contributed by atoms with Gasteiger partial charge in [0.2, 0.25) is 5.91 Å². The lowest BCUT2D eigenvalue weighted by Gasteiger charge is -2.07. The van der Waals surface area contributed by atoms with E-state index in [0.29, 0.717) is 6.42 Å². The molecule has 92 valence electrons. The first kappa shape index (κ1) is 10.3. The maximum atomic E-state index is 11.4. The van der Waals surface area contributed by atoms with E-state index in [1.165, 1.54) is 0 Å². The molecule has 4 nitrogen and oxygen atoms in total. The first-order valence-electron chi connectivity index (χ1n) is 6.16. The van der Waals surface area contributed by atoms with Crippen molar-refractivity contribution < 1.29 is 4.79 Å². The fourth-order valence-electron chi connectivity index (χ4n) is 2.53. The number of nitrogens with zero attached hydrogens (tertiary/aromatic N) is 2. The molecule has 1 aromatic carbocycles. The molecule has 0 spiro atoms. The Labute approximate surface area is 109 Å². The molecule has 3 aromatic rings. The van der Waals surface area contributed by atoms with E-state index in [1.54, 1.807) is 6.20 Å². The lowest BCUT2D eigenvalue weighted by atomic mass is 10.1. The number of anilines is 1. The summed E-state index contributed by atoms with van der Waals surface area (Å²) in [6.07, 6.45) is 4.25. The van der Waals surface area contributed by atoms with Gasteiger partial charge >= 0.3 is 0 Å². The summed E-state index contributed by atoms with van der Waals surface area (Å²) in [6, 6.07) is 12.0. The Hall–Kier alpha value is -2.62. The Morgan fingerprint density at radius 3 is 3.11 bits per heavy atom. The third kappa shape index (κ3) is 1.53. The van der Waals surface area contributed by atoms with Crippen molar-refractivity contribution in [3.8, 4) is 5.69 Å². The van der Waals surface area contributed by atoms with Gasteiger partial charge in [0.25, 0.3) is 0 Å². The zero-order valence-electron chi connectivity index (χ0n) is 10.1. The predicted octanol–water partition coefficient (Wildman–Crippen LogP) is 2.52. The van der Waals surface area contributed by atoms with Crippen LogP contribution in [0.25, 0.3) is 16.7 Å². The van der Waals surface area contributed by atoms with Crippen LogP contribution in [-0.2, 0) is 11.2 Å². The van der Waals surface area contributed by atoms with Crippen molar-refractivity contribution in [2.75, 3.05) is 5.32 Å². The largest absolute Gasteiger partial charge is 0.325 e. The van der Waals surface area contributed by atoms with Gasteiger partial charge in [-0.3, -0.25) is 4.79 Å².